The van der Waals surface area contributed by atoms with Gasteiger partial charge in [-0.3, -0.25) is 9.36 Å². The molecule has 0 saturated carbocycles. The van der Waals surface area contributed by atoms with Gasteiger partial charge < -0.3 is 14.6 Å². The lowest BCUT2D eigenvalue weighted by Gasteiger charge is -2.26. The molecule has 176 valence electrons. The molecule has 1 amide bonds. The standard InChI is InChI=1S/C25H26ClN5O2S/c1-30(2)21(19-11-6-7-12-20(19)26)15-27-23(32)17-34-25-29-28-24(22-13-8-14-33-22)31(25)16-18-9-4-3-5-10-18/h3-14,21H,15-17H2,1-2H3,(H,27,32). The minimum atomic E-state index is -0.0855. The molecule has 34 heavy (non-hydrogen) atoms. The first-order valence-corrected chi connectivity index (χ1v) is 12.2. The van der Waals surface area contributed by atoms with Gasteiger partial charge in [0.2, 0.25) is 11.7 Å². The average Bonchev–Trinajstić information content (AvgIpc) is 3.49. The number of hydrogen-bond donors (Lipinski definition) is 1. The molecule has 0 spiro atoms. The van der Waals surface area contributed by atoms with Crippen molar-refractivity contribution in [3.05, 3.63) is 89.1 Å². The largest absolute Gasteiger partial charge is 0.461 e. The minimum Gasteiger partial charge on any atom is -0.461 e. The molecule has 0 saturated heterocycles. The second-order valence-corrected chi connectivity index (χ2v) is 9.30. The van der Waals surface area contributed by atoms with Crippen molar-refractivity contribution in [1.82, 2.24) is 25.0 Å². The quantitative estimate of drug-likeness (QED) is 0.320. The van der Waals surface area contributed by atoms with Gasteiger partial charge in [-0.1, -0.05) is 71.9 Å². The lowest BCUT2D eigenvalue weighted by atomic mass is 10.1. The third kappa shape index (κ3) is 5.88. The number of carbonyl (C=O) groups excluding carboxylic acids is 1. The molecule has 0 radical (unpaired) electrons. The summed E-state index contributed by atoms with van der Waals surface area (Å²) in [5, 5.41) is 13.0. The van der Waals surface area contributed by atoms with E-state index >= 15 is 0 Å². The van der Waals surface area contributed by atoms with Gasteiger partial charge in [0.05, 0.1) is 24.6 Å². The van der Waals surface area contributed by atoms with Gasteiger partial charge in [0, 0.05) is 11.6 Å². The fraction of sp³-hybridized carbons (Fsp3) is 0.240. The Hall–Kier alpha value is -3.07. The lowest BCUT2D eigenvalue weighted by molar-refractivity contribution is -0.118. The maximum Gasteiger partial charge on any atom is 0.230 e. The molecule has 1 atom stereocenters. The summed E-state index contributed by atoms with van der Waals surface area (Å²) in [6, 6.07) is 21.4. The van der Waals surface area contributed by atoms with Crippen LogP contribution in [0, 0.1) is 0 Å². The molecule has 4 rings (SSSR count). The molecule has 2 aromatic heterocycles. The van der Waals surface area contributed by atoms with Crippen molar-refractivity contribution in [3.63, 3.8) is 0 Å². The number of aromatic nitrogens is 3. The fourth-order valence-corrected chi connectivity index (χ4v) is 4.63. The normalized spacial score (nSPS) is 12.1. The highest BCUT2D eigenvalue weighted by molar-refractivity contribution is 7.99. The van der Waals surface area contributed by atoms with Crippen LogP contribution in [0.1, 0.15) is 17.2 Å². The molecule has 0 aliphatic carbocycles. The summed E-state index contributed by atoms with van der Waals surface area (Å²) in [4.78, 5) is 14.7. The van der Waals surface area contributed by atoms with Crippen molar-refractivity contribution < 1.29 is 9.21 Å². The summed E-state index contributed by atoms with van der Waals surface area (Å²) in [7, 11) is 3.94. The number of rotatable bonds is 10. The van der Waals surface area contributed by atoms with Crippen LogP contribution in [-0.2, 0) is 11.3 Å². The van der Waals surface area contributed by atoms with Crippen molar-refractivity contribution in [2.45, 2.75) is 17.7 Å². The average molecular weight is 496 g/mol. The van der Waals surface area contributed by atoms with Crippen LogP contribution < -0.4 is 5.32 Å². The van der Waals surface area contributed by atoms with E-state index in [1.54, 1.807) is 6.26 Å². The van der Waals surface area contributed by atoms with E-state index in [1.807, 2.05) is 90.3 Å². The van der Waals surface area contributed by atoms with Gasteiger partial charge in [0.25, 0.3) is 0 Å². The van der Waals surface area contributed by atoms with Gasteiger partial charge in [0.15, 0.2) is 10.9 Å². The van der Waals surface area contributed by atoms with Crippen molar-refractivity contribution in [3.8, 4) is 11.6 Å². The summed E-state index contributed by atoms with van der Waals surface area (Å²) in [6.45, 7) is 1.02. The molecule has 0 bridgehead atoms. The predicted octanol–water partition coefficient (Wildman–Crippen LogP) is 4.75. The van der Waals surface area contributed by atoms with Crippen LogP contribution in [0.5, 0.6) is 0 Å². The van der Waals surface area contributed by atoms with Crippen LogP contribution in [0.15, 0.2) is 82.6 Å². The monoisotopic (exact) mass is 495 g/mol. The first kappa shape index (κ1) is 24.1. The van der Waals surface area contributed by atoms with Crippen LogP contribution in [0.3, 0.4) is 0 Å². The third-order valence-electron chi connectivity index (χ3n) is 5.35. The maximum absolute atomic E-state index is 12.7. The van der Waals surface area contributed by atoms with Gasteiger partial charge in [-0.25, -0.2) is 0 Å². The van der Waals surface area contributed by atoms with Gasteiger partial charge >= 0.3 is 0 Å². The summed E-state index contributed by atoms with van der Waals surface area (Å²) in [6.07, 6.45) is 1.61. The Labute approximate surface area is 208 Å². The van der Waals surface area contributed by atoms with Gasteiger partial charge in [-0.2, -0.15) is 0 Å². The van der Waals surface area contributed by atoms with Gasteiger partial charge in [0.1, 0.15) is 0 Å². The van der Waals surface area contributed by atoms with Crippen molar-refractivity contribution in [1.29, 1.82) is 0 Å². The van der Waals surface area contributed by atoms with Crippen molar-refractivity contribution in [2.24, 2.45) is 0 Å². The summed E-state index contributed by atoms with van der Waals surface area (Å²) in [5.41, 5.74) is 2.09. The van der Waals surface area contributed by atoms with Gasteiger partial charge in [-0.05, 0) is 43.4 Å². The Kier molecular flexibility index (Phi) is 8.05. The number of nitrogens with one attached hydrogen (secondary N) is 1. The predicted molar refractivity (Wildman–Crippen MR) is 135 cm³/mol. The third-order valence-corrected chi connectivity index (χ3v) is 6.67. The molecule has 0 aliphatic heterocycles. The van der Waals surface area contributed by atoms with E-state index in [2.05, 4.69) is 15.5 Å². The molecule has 1 N–H and O–H groups in total. The van der Waals surface area contributed by atoms with Crippen LogP contribution in [0.4, 0.5) is 0 Å². The van der Waals surface area contributed by atoms with E-state index in [0.29, 0.717) is 34.9 Å². The Morgan fingerprint density at radius 3 is 2.56 bits per heavy atom. The van der Waals surface area contributed by atoms with E-state index in [-0.39, 0.29) is 17.7 Å². The number of hydrogen-bond acceptors (Lipinski definition) is 6. The topological polar surface area (TPSA) is 76.2 Å². The molecular formula is C25H26ClN5O2S. The SMILES string of the molecule is CN(C)C(CNC(=O)CSc1nnc(-c2ccco2)n1Cc1ccccc1)c1ccccc1Cl. The minimum absolute atomic E-state index is 0.0325. The van der Waals surface area contributed by atoms with E-state index in [1.165, 1.54) is 11.8 Å². The Morgan fingerprint density at radius 2 is 1.85 bits per heavy atom. The first-order valence-electron chi connectivity index (χ1n) is 10.8. The lowest BCUT2D eigenvalue weighted by Crippen LogP contribution is -2.35. The molecule has 1 unspecified atom stereocenters. The highest BCUT2D eigenvalue weighted by atomic mass is 35.5. The number of likely N-dealkylation sites (N-methyl/N-ethyl adjacent to an activating group) is 1. The summed E-state index contributed by atoms with van der Waals surface area (Å²) in [5.74, 6) is 1.39. The van der Waals surface area contributed by atoms with E-state index in [0.717, 1.165) is 11.1 Å². The molecule has 7 nitrogen and oxygen atoms in total. The van der Waals surface area contributed by atoms with E-state index in [9.17, 15) is 4.79 Å². The molecule has 0 fully saturated rings. The number of amides is 1. The van der Waals surface area contributed by atoms with Crippen molar-refractivity contribution >= 4 is 29.3 Å². The van der Waals surface area contributed by atoms with Crippen LogP contribution in [0.2, 0.25) is 5.02 Å². The zero-order valence-corrected chi connectivity index (χ0v) is 20.6. The Balaban J connectivity index is 1.43. The summed E-state index contributed by atoms with van der Waals surface area (Å²) >= 11 is 7.73. The van der Waals surface area contributed by atoms with Crippen molar-refractivity contribution in [2.75, 3.05) is 26.4 Å². The smallest absolute Gasteiger partial charge is 0.230 e. The molecule has 0 aliphatic rings. The highest BCUT2D eigenvalue weighted by Crippen LogP contribution is 2.27. The maximum atomic E-state index is 12.7. The summed E-state index contributed by atoms with van der Waals surface area (Å²) < 4.78 is 7.52. The molecule has 4 aromatic rings. The zero-order valence-electron chi connectivity index (χ0n) is 19.0. The number of nitrogens with zero attached hydrogens (tertiary/aromatic N) is 4. The number of thioether (sulfide) groups is 1. The molecule has 9 heteroatoms. The second kappa shape index (κ2) is 11.4. The van der Waals surface area contributed by atoms with Gasteiger partial charge in [-0.15, -0.1) is 10.2 Å². The Morgan fingerprint density at radius 1 is 1.09 bits per heavy atom. The first-order chi connectivity index (χ1) is 16.5. The van der Waals surface area contributed by atoms with E-state index in [4.69, 9.17) is 16.0 Å². The fourth-order valence-electron chi connectivity index (χ4n) is 3.60. The number of halogens is 1. The van der Waals surface area contributed by atoms with Crippen LogP contribution in [0.25, 0.3) is 11.6 Å². The van der Waals surface area contributed by atoms with Crippen LogP contribution in [-0.4, -0.2) is 52.0 Å². The highest BCUT2D eigenvalue weighted by Gasteiger charge is 2.20. The molecule has 2 heterocycles. The zero-order chi connectivity index (χ0) is 23.9. The van der Waals surface area contributed by atoms with E-state index < -0.39 is 0 Å². The van der Waals surface area contributed by atoms with Crippen LogP contribution >= 0.6 is 23.4 Å². The molecule has 2 aromatic carbocycles. The molecular weight excluding hydrogens is 470 g/mol. The number of furan rings is 1. The number of benzene rings is 2. The Bertz CT molecular complexity index is 1210. The second-order valence-electron chi connectivity index (χ2n) is 7.95. The number of carbonyl (C=O) groups is 1.